The summed E-state index contributed by atoms with van der Waals surface area (Å²) in [5, 5.41) is 29.5. The van der Waals surface area contributed by atoms with Gasteiger partial charge in [-0.1, -0.05) is 6.07 Å². The molecule has 23 heavy (non-hydrogen) atoms. The van der Waals surface area contributed by atoms with E-state index in [9.17, 15) is 15.2 Å². The van der Waals surface area contributed by atoms with Crippen molar-refractivity contribution < 1.29 is 10.0 Å². The van der Waals surface area contributed by atoms with Crippen molar-refractivity contribution in [3.8, 4) is 5.88 Å². The third-order valence-corrected chi connectivity index (χ3v) is 3.70. The molecule has 0 saturated carbocycles. The van der Waals surface area contributed by atoms with Gasteiger partial charge in [-0.2, -0.15) is 5.11 Å². The average Bonchev–Trinajstić information content (AvgIpc) is 2.83. The molecule has 0 fully saturated rings. The van der Waals surface area contributed by atoms with Crippen molar-refractivity contribution in [2.75, 3.05) is 0 Å². The lowest BCUT2D eigenvalue weighted by Crippen LogP contribution is -1.86. The first kappa shape index (κ1) is 14.7. The minimum Gasteiger partial charge on any atom is -0.493 e. The van der Waals surface area contributed by atoms with Gasteiger partial charge in [-0.25, -0.2) is 0 Å². The van der Waals surface area contributed by atoms with Crippen LogP contribution in [-0.4, -0.2) is 15.0 Å². The van der Waals surface area contributed by atoms with Crippen LogP contribution in [0.5, 0.6) is 5.88 Å². The van der Waals surface area contributed by atoms with Crippen LogP contribution in [0.4, 0.5) is 17.1 Å². The van der Waals surface area contributed by atoms with Crippen LogP contribution in [0.1, 0.15) is 11.1 Å². The summed E-state index contributed by atoms with van der Waals surface area (Å²) in [5.74, 6) is -0.173. The lowest BCUT2D eigenvalue weighted by molar-refractivity contribution is -0.384. The number of aromatic nitrogens is 1. The maximum absolute atomic E-state index is 10.9. The number of aryl methyl sites for hydroxylation is 2. The summed E-state index contributed by atoms with van der Waals surface area (Å²) >= 11 is 0. The molecule has 0 aliphatic rings. The van der Waals surface area contributed by atoms with Crippen LogP contribution in [0.25, 0.3) is 10.9 Å². The summed E-state index contributed by atoms with van der Waals surface area (Å²) in [6.45, 7) is 3.97. The first-order chi connectivity index (χ1) is 11.0. The van der Waals surface area contributed by atoms with Crippen LogP contribution < -0.4 is 0 Å². The number of nitro groups is 1. The monoisotopic (exact) mass is 310 g/mol. The summed E-state index contributed by atoms with van der Waals surface area (Å²) in [4.78, 5) is 13.1. The third-order valence-electron chi connectivity index (χ3n) is 3.70. The van der Waals surface area contributed by atoms with Gasteiger partial charge in [0.25, 0.3) is 5.69 Å². The number of non-ortho nitro benzene ring substituents is 1. The van der Waals surface area contributed by atoms with Crippen LogP contribution >= 0.6 is 0 Å². The molecule has 0 radical (unpaired) electrons. The standard InChI is InChI=1S/C16H14N4O3/c1-9-3-4-11(7-10(9)2)18-19-15-13-8-12(20(22)23)5-6-14(13)17-16(15)21/h3-8,17,21H,1-2H3. The highest BCUT2D eigenvalue weighted by Gasteiger charge is 2.14. The van der Waals surface area contributed by atoms with Gasteiger partial charge in [-0.15, -0.1) is 5.11 Å². The molecule has 0 amide bonds. The quantitative estimate of drug-likeness (QED) is 0.412. The lowest BCUT2D eigenvalue weighted by atomic mass is 10.1. The van der Waals surface area contributed by atoms with Crippen molar-refractivity contribution in [1.29, 1.82) is 0 Å². The van der Waals surface area contributed by atoms with E-state index in [1.807, 2.05) is 32.0 Å². The van der Waals surface area contributed by atoms with Gasteiger partial charge in [0, 0.05) is 17.5 Å². The Hall–Kier alpha value is -3.22. The Morgan fingerprint density at radius 3 is 2.57 bits per heavy atom. The summed E-state index contributed by atoms with van der Waals surface area (Å²) < 4.78 is 0. The van der Waals surface area contributed by atoms with Gasteiger partial charge in [0.05, 0.1) is 16.1 Å². The number of aromatic hydroxyl groups is 1. The van der Waals surface area contributed by atoms with Gasteiger partial charge in [-0.3, -0.25) is 10.1 Å². The van der Waals surface area contributed by atoms with Crippen molar-refractivity contribution in [2.24, 2.45) is 10.2 Å². The molecule has 0 unspecified atom stereocenters. The molecule has 116 valence electrons. The summed E-state index contributed by atoms with van der Waals surface area (Å²) in [6, 6.07) is 9.89. The molecule has 3 aromatic rings. The van der Waals surface area contributed by atoms with Crippen molar-refractivity contribution >= 4 is 28.0 Å². The molecule has 3 rings (SSSR count). The summed E-state index contributed by atoms with van der Waals surface area (Å²) in [7, 11) is 0. The van der Waals surface area contributed by atoms with E-state index in [0.717, 1.165) is 11.1 Å². The molecule has 7 nitrogen and oxygen atoms in total. The van der Waals surface area contributed by atoms with E-state index in [1.54, 1.807) is 0 Å². The number of azo groups is 1. The highest BCUT2D eigenvalue weighted by Crippen LogP contribution is 2.38. The van der Waals surface area contributed by atoms with E-state index >= 15 is 0 Å². The Morgan fingerprint density at radius 2 is 1.87 bits per heavy atom. The molecule has 0 aliphatic carbocycles. The first-order valence-corrected chi connectivity index (χ1v) is 6.94. The zero-order valence-electron chi connectivity index (χ0n) is 12.6. The Balaban J connectivity index is 2.06. The topological polar surface area (TPSA) is 104 Å². The van der Waals surface area contributed by atoms with Crippen molar-refractivity contribution in [2.45, 2.75) is 13.8 Å². The number of nitrogens with zero attached hydrogens (tertiary/aromatic N) is 3. The van der Waals surface area contributed by atoms with Crippen molar-refractivity contribution in [1.82, 2.24) is 4.98 Å². The number of benzene rings is 2. The molecule has 2 aromatic carbocycles. The summed E-state index contributed by atoms with van der Waals surface area (Å²) in [5.41, 5.74) is 3.55. The Kier molecular flexibility index (Phi) is 3.53. The van der Waals surface area contributed by atoms with Crippen LogP contribution in [-0.2, 0) is 0 Å². The molecule has 7 heteroatoms. The Bertz CT molecular complexity index is 944. The van der Waals surface area contributed by atoms with Crippen molar-refractivity contribution in [3.05, 3.63) is 57.6 Å². The minimum absolute atomic E-state index is 0.0702. The molecule has 0 atom stereocenters. The molecule has 1 heterocycles. The fraction of sp³-hybridized carbons (Fsp3) is 0.125. The highest BCUT2D eigenvalue weighted by atomic mass is 16.6. The number of fused-ring (bicyclic) bond motifs is 1. The highest BCUT2D eigenvalue weighted by molar-refractivity contribution is 5.95. The first-order valence-electron chi connectivity index (χ1n) is 6.94. The third kappa shape index (κ3) is 2.76. The smallest absolute Gasteiger partial charge is 0.270 e. The number of nitro benzene ring substituents is 1. The second-order valence-electron chi connectivity index (χ2n) is 5.28. The molecule has 0 aliphatic heterocycles. The number of hydrogen-bond acceptors (Lipinski definition) is 5. The maximum Gasteiger partial charge on any atom is 0.270 e. The maximum atomic E-state index is 10.9. The van der Waals surface area contributed by atoms with Crippen LogP contribution in [0, 0.1) is 24.0 Å². The van der Waals surface area contributed by atoms with E-state index < -0.39 is 4.92 Å². The Morgan fingerprint density at radius 1 is 1.09 bits per heavy atom. The van der Waals surface area contributed by atoms with Gasteiger partial charge in [0.15, 0.2) is 5.69 Å². The lowest BCUT2D eigenvalue weighted by Gasteiger charge is -1.99. The molecule has 1 aromatic heterocycles. The predicted octanol–water partition coefficient (Wildman–Crippen LogP) is 4.81. The molecular formula is C16H14N4O3. The van der Waals surface area contributed by atoms with E-state index in [4.69, 9.17) is 0 Å². The summed E-state index contributed by atoms with van der Waals surface area (Å²) in [6.07, 6.45) is 0. The van der Waals surface area contributed by atoms with Gasteiger partial charge in [-0.05, 0) is 43.2 Å². The zero-order valence-corrected chi connectivity index (χ0v) is 12.6. The number of nitrogens with one attached hydrogen (secondary N) is 1. The van der Waals surface area contributed by atoms with Gasteiger partial charge >= 0.3 is 0 Å². The van der Waals surface area contributed by atoms with E-state index in [2.05, 4.69) is 15.2 Å². The second-order valence-corrected chi connectivity index (χ2v) is 5.28. The van der Waals surface area contributed by atoms with E-state index in [-0.39, 0.29) is 17.3 Å². The van der Waals surface area contributed by atoms with Crippen LogP contribution in [0.15, 0.2) is 46.6 Å². The molecule has 0 saturated heterocycles. The fourth-order valence-corrected chi connectivity index (χ4v) is 2.26. The van der Waals surface area contributed by atoms with E-state index in [0.29, 0.717) is 16.6 Å². The van der Waals surface area contributed by atoms with Gasteiger partial charge in [0.1, 0.15) is 0 Å². The average molecular weight is 310 g/mol. The van der Waals surface area contributed by atoms with Gasteiger partial charge < -0.3 is 10.1 Å². The largest absolute Gasteiger partial charge is 0.493 e. The normalized spacial score (nSPS) is 11.4. The number of H-pyrrole nitrogens is 1. The van der Waals surface area contributed by atoms with Gasteiger partial charge in [0.2, 0.25) is 5.88 Å². The number of aromatic amines is 1. The molecule has 2 N–H and O–H groups in total. The number of hydrogen-bond donors (Lipinski definition) is 2. The second kappa shape index (κ2) is 5.53. The predicted molar refractivity (Wildman–Crippen MR) is 86.7 cm³/mol. The minimum atomic E-state index is -0.492. The molecular weight excluding hydrogens is 296 g/mol. The fourth-order valence-electron chi connectivity index (χ4n) is 2.26. The van der Waals surface area contributed by atoms with Crippen LogP contribution in [0.3, 0.4) is 0 Å². The Labute approximate surface area is 131 Å². The number of rotatable bonds is 3. The molecule has 0 spiro atoms. The SMILES string of the molecule is Cc1ccc(N=Nc2c(O)[nH]c3ccc([N+](=O)[O-])cc23)cc1C. The zero-order chi connectivity index (χ0) is 16.6. The van der Waals surface area contributed by atoms with E-state index in [1.165, 1.54) is 18.2 Å². The van der Waals surface area contributed by atoms with Crippen molar-refractivity contribution in [3.63, 3.8) is 0 Å². The molecule has 0 bridgehead atoms. The van der Waals surface area contributed by atoms with Crippen LogP contribution in [0.2, 0.25) is 0 Å².